The standard InChI is InChI=1S/C11H13BrN2/c1-9(6-7-13)14(2)11-5-3-4-10(12)8-11/h3-5,8-9H,6H2,1-2H3. The molecule has 0 aliphatic heterocycles. The fourth-order valence-electron chi connectivity index (χ4n) is 1.22. The fraction of sp³-hybridized carbons (Fsp3) is 0.364. The molecule has 0 aliphatic rings. The maximum atomic E-state index is 8.60. The number of benzene rings is 1. The molecule has 0 aromatic heterocycles. The number of nitriles is 1. The summed E-state index contributed by atoms with van der Waals surface area (Å²) in [6, 6.07) is 10.5. The van der Waals surface area contributed by atoms with Crippen molar-refractivity contribution in [1.82, 2.24) is 0 Å². The van der Waals surface area contributed by atoms with E-state index < -0.39 is 0 Å². The zero-order valence-corrected chi connectivity index (χ0v) is 9.95. The third-order valence-electron chi connectivity index (χ3n) is 2.26. The molecule has 74 valence electrons. The van der Waals surface area contributed by atoms with E-state index in [1.54, 1.807) is 0 Å². The van der Waals surface area contributed by atoms with E-state index in [1.807, 2.05) is 38.2 Å². The topological polar surface area (TPSA) is 27.0 Å². The molecule has 1 aromatic rings. The summed E-state index contributed by atoms with van der Waals surface area (Å²) < 4.78 is 1.06. The number of anilines is 1. The van der Waals surface area contributed by atoms with Crippen molar-refractivity contribution in [3.63, 3.8) is 0 Å². The van der Waals surface area contributed by atoms with Gasteiger partial charge in [-0.25, -0.2) is 0 Å². The third kappa shape index (κ3) is 2.74. The van der Waals surface area contributed by atoms with Gasteiger partial charge in [0.2, 0.25) is 0 Å². The van der Waals surface area contributed by atoms with Crippen LogP contribution in [0.2, 0.25) is 0 Å². The van der Waals surface area contributed by atoms with Crippen molar-refractivity contribution in [1.29, 1.82) is 5.26 Å². The number of halogens is 1. The summed E-state index contributed by atoms with van der Waals surface area (Å²) in [6.07, 6.45) is 0.545. The first-order valence-electron chi connectivity index (χ1n) is 4.50. The first-order chi connectivity index (χ1) is 6.65. The van der Waals surface area contributed by atoms with E-state index in [1.165, 1.54) is 0 Å². The molecule has 1 aromatic carbocycles. The van der Waals surface area contributed by atoms with E-state index in [-0.39, 0.29) is 6.04 Å². The summed E-state index contributed by atoms with van der Waals surface area (Å²) >= 11 is 3.43. The first kappa shape index (κ1) is 11.1. The van der Waals surface area contributed by atoms with E-state index >= 15 is 0 Å². The molecule has 0 radical (unpaired) electrons. The van der Waals surface area contributed by atoms with Crippen molar-refractivity contribution in [3.05, 3.63) is 28.7 Å². The zero-order chi connectivity index (χ0) is 10.6. The van der Waals surface area contributed by atoms with Gasteiger partial charge in [-0.1, -0.05) is 22.0 Å². The van der Waals surface area contributed by atoms with E-state index in [2.05, 4.69) is 26.9 Å². The highest BCUT2D eigenvalue weighted by molar-refractivity contribution is 9.10. The molecule has 0 saturated carbocycles. The smallest absolute Gasteiger partial charge is 0.0643 e. The van der Waals surface area contributed by atoms with Crippen LogP contribution >= 0.6 is 15.9 Å². The Labute approximate surface area is 93.3 Å². The molecule has 0 N–H and O–H groups in total. The molecule has 0 fully saturated rings. The Morgan fingerprint density at radius 1 is 1.57 bits per heavy atom. The first-order valence-corrected chi connectivity index (χ1v) is 5.30. The molecule has 0 heterocycles. The minimum atomic E-state index is 0.245. The van der Waals surface area contributed by atoms with Crippen LogP contribution < -0.4 is 4.90 Å². The van der Waals surface area contributed by atoms with E-state index in [4.69, 9.17) is 5.26 Å². The predicted molar refractivity (Wildman–Crippen MR) is 62.2 cm³/mol. The SMILES string of the molecule is CC(CC#N)N(C)c1cccc(Br)c1. The summed E-state index contributed by atoms with van der Waals surface area (Å²) in [5.74, 6) is 0. The lowest BCUT2D eigenvalue weighted by Crippen LogP contribution is -2.28. The Morgan fingerprint density at radius 3 is 2.86 bits per heavy atom. The molecule has 2 nitrogen and oxygen atoms in total. The van der Waals surface area contributed by atoms with Crippen molar-refractivity contribution in [3.8, 4) is 6.07 Å². The maximum absolute atomic E-state index is 8.60. The quantitative estimate of drug-likeness (QED) is 0.827. The van der Waals surface area contributed by atoms with Crippen LogP contribution in [0.1, 0.15) is 13.3 Å². The highest BCUT2D eigenvalue weighted by Gasteiger charge is 2.09. The average Bonchev–Trinajstić information content (AvgIpc) is 2.17. The van der Waals surface area contributed by atoms with E-state index in [9.17, 15) is 0 Å². The average molecular weight is 253 g/mol. The lowest BCUT2D eigenvalue weighted by atomic mass is 10.2. The minimum Gasteiger partial charge on any atom is -0.371 e. The Hall–Kier alpha value is -1.01. The number of nitrogens with zero attached hydrogens (tertiary/aromatic N) is 2. The van der Waals surface area contributed by atoms with Crippen molar-refractivity contribution < 1.29 is 0 Å². The van der Waals surface area contributed by atoms with E-state index in [0.717, 1.165) is 10.2 Å². The second-order valence-electron chi connectivity index (χ2n) is 3.30. The van der Waals surface area contributed by atoms with Crippen molar-refractivity contribution in [2.24, 2.45) is 0 Å². The minimum absolute atomic E-state index is 0.245. The molecule has 0 spiro atoms. The van der Waals surface area contributed by atoms with Gasteiger partial charge in [-0.05, 0) is 25.1 Å². The Balaban J connectivity index is 2.79. The normalized spacial score (nSPS) is 11.9. The van der Waals surface area contributed by atoms with Gasteiger partial charge in [-0.2, -0.15) is 5.26 Å². The maximum Gasteiger partial charge on any atom is 0.0643 e. The largest absolute Gasteiger partial charge is 0.371 e. The molecular formula is C11H13BrN2. The molecule has 1 atom stereocenters. The molecule has 3 heteroatoms. The van der Waals surface area contributed by atoms with Gasteiger partial charge in [-0.3, -0.25) is 0 Å². The summed E-state index contributed by atoms with van der Waals surface area (Å²) in [5, 5.41) is 8.60. The van der Waals surface area contributed by atoms with Gasteiger partial charge in [-0.15, -0.1) is 0 Å². The predicted octanol–water partition coefficient (Wildman–Crippen LogP) is 3.19. The monoisotopic (exact) mass is 252 g/mol. The molecule has 0 bridgehead atoms. The van der Waals surface area contributed by atoms with Crippen LogP contribution in [0.15, 0.2) is 28.7 Å². The highest BCUT2D eigenvalue weighted by atomic mass is 79.9. The Bertz CT molecular complexity index is 343. The summed E-state index contributed by atoms with van der Waals surface area (Å²) in [7, 11) is 2.00. The van der Waals surface area contributed by atoms with Gasteiger partial charge in [0.25, 0.3) is 0 Å². The summed E-state index contributed by atoms with van der Waals surface area (Å²) in [5.41, 5.74) is 1.13. The summed E-state index contributed by atoms with van der Waals surface area (Å²) in [4.78, 5) is 2.11. The molecule has 0 aliphatic carbocycles. The van der Waals surface area contributed by atoms with Crippen LogP contribution in [-0.2, 0) is 0 Å². The lowest BCUT2D eigenvalue weighted by Gasteiger charge is -2.25. The zero-order valence-electron chi connectivity index (χ0n) is 8.37. The third-order valence-corrected chi connectivity index (χ3v) is 2.76. The second kappa shape index (κ2) is 5.02. The van der Waals surface area contributed by atoms with Crippen LogP contribution in [0.25, 0.3) is 0 Å². The molecule has 1 rings (SSSR count). The van der Waals surface area contributed by atoms with Crippen LogP contribution in [0.3, 0.4) is 0 Å². The Kier molecular flexibility index (Phi) is 3.97. The van der Waals surface area contributed by atoms with Crippen LogP contribution in [0, 0.1) is 11.3 Å². The van der Waals surface area contributed by atoms with Crippen LogP contribution in [-0.4, -0.2) is 13.1 Å². The fourth-order valence-corrected chi connectivity index (χ4v) is 1.61. The summed E-state index contributed by atoms with van der Waals surface area (Å²) in [6.45, 7) is 2.05. The molecule has 0 amide bonds. The van der Waals surface area contributed by atoms with Crippen molar-refractivity contribution >= 4 is 21.6 Å². The second-order valence-corrected chi connectivity index (χ2v) is 4.22. The van der Waals surface area contributed by atoms with Gasteiger partial charge < -0.3 is 4.90 Å². The van der Waals surface area contributed by atoms with Gasteiger partial charge >= 0.3 is 0 Å². The molecular weight excluding hydrogens is 240 g/mol. The molecule has 14 heavy (non-hydrogen) atoms. The molecule has 1 unspecified atom stereocenters. The number of hydrogen-bond acceptors (Lipinski definition) is 2. The lowest BCUT2D eigenvalue weighted by molar-refractivity contribution is 0.702. The number of rotatable bonds is 3. The number of hydrogen-bond donors (Lipinski definition) is 0. The van der Waals surface area contributed by atoms with E-state index in [0.29, 0.717) is 6.42 Å². The Morgan fingerprint density at radius 2 is 2.29 bits per heavy atom. The van der Waals surface area contributed by atoms with Crippen LogP contribution in [0.4, 0.5) is 5.69 Å². The van der Waals surface area contributed by atoms with Gasteiger partial charge in [0.05, 0.1) is 12.5 Å². The van der Waals surface area contributed by atoms with Crippen molar-refractivity contribution in [2.75, 3.05) is 11.9 Å². The van der Waals surface area contributed by atoms with Gasteiger partial charge in [0.15, 0.2) is 0 Å². The molecule has 0 saturated heterocycles. The van der Waals surface area contributed by atoms with Crippen LogP contribution in [0.5, 0.6) is 0 Å². The van der Waals surface area contributed by atoms with Crippen molar-refractivity contribution in [2.45, 2.75) is 19.4 Å². The van der Waals surface area contributed by atoms with Gasteiger partial charge in [0.1, 0.15) is 0 Å². The van der Waals surface area contributed by atoms with Gasteiger partial charge in [0, 0.05) is 23.2 Å². The highest BCUT2D eigenvalue weighted by Crippen LogP contribution is 2.20.